The van der Waals surface area contributed by atoms with Gasteiger partial charge in [-0.15, -0.1) is 0 Å². The Morgan fingerprint density at radius 3 is 2.63 bits per heavy atom. The van der Waals surface area contributed by atoms with Gasteiger partial charge in [0, 0.05) is 18.2 Å². The van der Waals surface area contributed by atoms with E-state index in [0.717, 1.165) is 25.0 Å². The molecule has 102 valence electrons. The van der Waals surface area contributed by atoms with E-state index in [1.165, 1.54) is 0 Å². The summed E-state index contributed by atoms with van der Waals surface area (Å²) in [5.74, 6) is -1.76. The lowest BCUT2D eigenvalue weighted by Crippen LogP contribution is -2.38. The number of amides is 1. The molecule has 0 saturated heterocycles. The highest BCUT2D eigenvalue weighted by molar-refractivity contribution is 5.94. The molecular formula is C12H14N2O5. The molecule has 1 atom stereocenters. The number of aliphatic carboxylic acids is 1. The van der Waals surface area contributed by atoms with Crippen LogP contribution < -0.4 is 10.9 Å². The van der Waals surface area contributed by atoms with Crippen LogP contribution in [0.4, 0.5) is 0 Å². The third-order valence-corrected chi connectivity index (χ3v) is 2.99. The van der Waals surface area contributed by atoms with Gasteiger partial charge in [-0.1, -0.05) is 0 Å². The molecule has 1 aliphatic carbocycles. The summed E-state index contributed by atoms with van der Waals surface area (Å²) in [4.78, 5) is 35.9. The summed E-state index contributed by atoms with van der Waals surface area (Å²) in [6.07, 6.45) is 1.63. The molecule has 7 nitrogen and oxygen atoms in total. The van der Waals surface area contributed by atoms with Gasteiger partial charge in [0.1, 0.15) is 0 Å². The molecule has 0 aromatic carbocycles. The molecule has 0 spiro atoms. The topological polar surface area (TPSA) is 119 Å². The van der Waals surface area contributed by atoms with Crippen LogP contribution in [0.2, 0.25) is 0 Å². The van der Waals surface area contributed by atoms with Crippen molar-refractivity contribution in [2.24, 2.45) is 5.92 Å². The molecule has 1 aromatic heterocycles. The van der Waals surface area contributed by atoms with Crippen LogP contribution in [-0.2, 0) is 4.79 Å². The number of carboxylic acids is 1. The van der Waals surface area contributed by atoms with Crippen molar-refractivity contribution in [3.63, 3.8) is 0 Å². The van der Waals surface area contributed by atoms with Crippen molar-refractivity contribution in [3.8, 4) is 5.88 Å². The van der Waals surface area contributed by atoms with Crippen molar-refractivity contribution >= 4 is 11.9 Å². The largest absolute Gasteiger partial charge is 0.494 e. The summed E-state index contributed by atoms with van der Waals surface area (Å²) >= 11 is 0. The van der Waals surface area contributed by atoms with E-state index < -0.39 is 29.4 Å². The van der Waals surface area contributed by atoms with Gasteiger partial charge in [-0.3, -0.25) is 19.4 Å². The monoisotopic (exact) mass is 266 g/mol. The number of hydrogen-bond acceptors (Lipinski definition) is 4. The number of carbonyl (C=O) groups is 2. The van der Waals surface area contributed by atoms with E-state index >= 15 is 0 Å². The number of hydrogen-bond donors (Lipinski definition) is 4. The van der Waals surface area contributed by atoms with Gasteiger partial charge in [-0.2, -0.15) is 0 Å². The highest BCUT2D eigenvalue weighted by atomic mass is 16.4. The fraction of sp³-hybridized carbons (Fsp3) is 0.417. The summed E-state index contributed by atoms with van der Waals surface area (Å²) in [5.41, 5.74) is -0.580. The van der Waals surface area contributed by atoms with Crippen LogP contribution >= 0.6 is 0 Å². The summed E-state index contributed by atoms with van der Waals surface area (Å²) < 4.78 is 0. The SMILES string of the molecule is O=C(O)CC(NC(=O)c1cc(O)[nH]c(=O)c1)C1CC1. The van der Waals surface area contributed by atoms with Gasteiger partial charge in [-0.05, 0) is 18.8 Å². The molecular weight excluding hydrogens is 252 g/mol. The molecule has 1 aliphatic rings. The second-order valence-electron chi connectivity index (χ2n) is 4.63. The van der Waals surface area contributed by atoms with Crippen molar-refractivity contribution in [2.45, 2.75) is 25.3 Å². The first-order valence-electron chi connectivity index (χ1n) is 5.91. The summed E-state index contributed by atoms with van der Waals surface area (Å²) in [6, 6.07) is 1.74. The first-order chi connectivity index (χ1) is 8.95. The molecule has 1 amide bonds. The Hall–Kier alpha value is -2.31. The average molecular weight is 266 g/mol. The molecule has 0 radical (unpaired) electrons. The highest BCUT2D eigenvalue weighted by Crippen LogP contribution is 2.34. The first-order valence-corrected chi connectivity index (χ1v) is 5.91. The van der Waals surface area contributed by atoms with Crippen molar-refractivity contribution in [2.75, 3.05) is 0 Å². The molecule has 1 saturated carbocycles. The number of rotatable bonds is 5. The number of pyridine rings is 1. The van der Waals surface area contributed by atoms with Gasteiger partial charge < -0.3 is 15.5 Å². The molecule has 1 unspecified atom stereocenters. The maximum atomic E-state index is 11.9. The van der Waals surface area contributed by atoms with Gasteiger partial charge in [-0.25, -0.2) is 0 Å². The van der Waals surface area contributed by atoms with Crippen molar-refractivity contribution in [3.05, 3.63) is 28.0 Å². The van der Waals surface area contributed by atoms with E-state index in [9.17, 15) is 19.5 Å². The minimum Gasteiger partial charge on any atom is -0.494 e. The fourth-order valence-corrected chi connectivity index (χ4v) is 1.93. The molecule has 2 rings (SSSR count). The fourth-order valence-electron chi connectivity index (χ4n) is 1.93. The zero-order chi connectivity index (χ0) is 14.0. The van der Waals surface area contributed by atoms with Crippen molar-refractivity contribution in [1.29, 1.82) is 0 Å². The number of aromatic nitrogens is 1. The van der Waals surface area contributed by atoms with E-state index in [1.807, 2.05) is 0 Å². The average Bonchev–Trinajstić information content (AvgIpc) is 3.09. The Kier molecular flexibility index (Phi) is 3.55. The van der Waals surface area contributed by atoms with Gasteiger partial charge in [0.05, 0.1) is 12.0 Å². The van der Waals surface area contributed by atoms with Gasteiger partial charge >= 0.3 is 5.97 Å². The number of aromatic amines is 1. The molecule has 0 aliphatic heterocycles. The molecule has 1 fully saturated rings. The van der Waals surface area contributed by atoms with Crippen LogP contribution in [0.5, 0.6) is 5.88 Å². The molecule has 4 N–H and O–H groups in total. The summed E-state index contributed by atoms with van der Waals surface area (Å²) in [7, 11) is 0. The predicted molar refractivity (Wildman–Crippen MR) is 65.0 cm³/mol. The lowest BCUT2D eigenvalue weighted by molar-refractivity contribution is -0.137. The highest BCUT2D eigenvalue weighted by Gasteiger charge is 2.33. The maximum absolute atomic E-state index is 11.9. The van der Waals surface area contributed by atoms with Crippen LogP contribution in [0.25, 0.3) is 0 Å². The number of H-pyrrole nitrogens is 1. The second kappa shape index (κ2) is 5.13. The zero-order valence-electron chi connectivity index (χ0n) is 10.0. The quantitative estimate of drug-likeness (QED) is 0.601. The molecule has 1 aromatic rings. The lowest BCUT2D eigenvalue weighted by Gasteiger charge is -2.16. The zero-order valence-corrected chi connectivity index (χ0v) is 10.0. The third kappa shape index (κ3) is 3.57. The van der Waals surface area contributed by atoms with Crippen molar-refractivity contribution in [1.82, 2.24) is 10.3 Å². The lowest BCUT2D eigenvalue weighted by atomic mass is 10.1. The van der Waals surface area contributed by atoms with Crippen LogP contribution in [0.3, 0.4) is 0 Å². The van der Waals surface area contributed by atoms with E-state index in [-0.39, 0.29) is 17.9 Å². The first kappa shape index (κ1) is 13.1. The minimum atomic E-state index is -0.981. The summed E-state index contributed by atoms with van der Waals surface area (Å²) in [6.45, 7) is 0. The van der Waals surface area contributed by atoms with Crippen LogP contribution in [0.1, 0.15) is 29.6 Å². The number of carboxylic acid groups (broad SMARTS) is 1. The summed E-state index contributed by atoms with van der Waals surface area (Å²) in [5, 5.41) is 20.6. The third-order valence-electron chi connectivity index (χ3n) is 2.99. The van der Waals surface area contributed by atoms with Gasteiger partial charge in [0.2, 0.25) is 0 Å². The van der Waals surface area contributed by atoms with Crippen LogP contribution in [-0.4, -0.2) is 33.1 Å². The number of aromatic hydroxyl groups is 1. The number of nitrogens with one attached hydrogen (secondary N) is 2. The standard InChI is InChI=1S/C12H14N2O5/c15-9-3-7(4-10(16)14-9)12(19)13-8(5-11(17)18)6-1-2-6/h3-4,6,8H,1-2,5H2,(H,13,19)(H,17,18)(H2,14,15,16). The smallest absolute Gasteiger partial charge is 0.305 e. The molecule has 19 heavy (non-hydrogen) atoms. The Bertz CT molecular complexity index is 561. The molecule has 7 heteroatoms. The van der Waals surface area contributed by atoms with Gasteiger partial charge in [0.25, 0.3) is 11.5 Å². The number of carbonyl (C=O) groups excluding carboxylic acids is 1. The van der Waals surface area contributed by atoms with E-state index in [1.54, 1.807) is 0 Å². The Morgan fingerprint density at radius 2 is 2.11 bits per heavy atom. The van der Waals surface area contributed by atoms with E-state index in [0.29, 0.717) is 0 Å². The Balaban J connectivity index is 2.10. The Labute approximate surface area is 108 Å². The molecule has 1 heterocycles. The van der Waals surface area contributed by atoms with Crippen LogP contribution in [0.15, 0.2) is 16.9 Å². The predicted octanol–water partition coefficient (Wildman–Crippen LogP) is 0.0636. The normalized spacial score (nSPS) is 15.8. The second-order valence-corrected chi connectivity index (χ2v) is 4.63. The molecule has 0 bridgehead atoms. The van der Waals surface area contributed by atoms with Crippen LogP contribution in [0, 0.1) is 5.92 Å². The van der Waals surface area contributed by atoms with E-state index in [2.05, 4.69) is 10.3 Å². The maximum Gasteiger partial charge on any atom is 0.305 e. The van der Waals surface area contributed by atoms with Crippen molar-refractivity contribution < 1.29 is 19.8 Å². The van der Waals surface area contributed by atoms with Gasteiger partial charge in [0.15, 0.2) is 5.88 Å². The minimum absolute atomic E-state index is 0.0114. The van der Waals surface area contributed by atoms with E-state index in [4.69, 9.17) is 5.11 Å². The Morgan fingerprint density at radius 1 is 1.42 bits per heavy atom.